The lowest BCUT2D eigenvalue weighted by Gasteiger charge is -1.98. The molecule has 0 aliphatic heterocycles. The summed E-state index contributed by atoms with van der Waals surface area (Å²) in [6, 6.07) is 8.94. The summed E-state index contributed by atoms with van der Waals surface area (Å²) < 4.78 is 15.2. The Hall–Kier alpha value is -2.74. The lowest BCUT2D eigenvalue weighted by molar-refractivity contribution is -0.135. The molecular weight excluding hydrogens is 246 g/mol. The summed E-state index contributed by atoms with van der Waals surface area (Å²) in [6.45, 7) is 0. The minimum atomic E-state index is -0.699. The molecule has 0 saturated carbocycles. The number of carbonyl (C=O) groups is 1. The fraction of sp³-hybridized carbons (Fsp3) is 0.143. The first-order valence-electron chi connectivity index (χ1n) is 5.46. The zero-order chi connectivity index (χ0) is 13.8. The highest BCUT2D eigenvalue weighted by atomic mass is 16.5. The molecule has 5 heteroatoms. The molecule has 19 heavy (non-hydrogen) atoms. The average Bonchev–Trinajstić information content (AvgIpc) is 2.86. The maximum absolute atomic E-state index is 11.3. The van der Waals surface area contributed by atoms with E-state index in [-0.39, 0.29) is 5.57 Å². The first kappa shape index (κ1) is 12.7. The smallest absolute Gasteiger partial charge is 0.348 e. The van der Waals surface area contributed by atoms with E-state index in [1.165, 1.54) is 13.2 Å². The van der Waals surface area contributed by atoms with E-state index >= 15 is 0 Å². The van der Waals surface area contributed by atoms with E-state index in [9.17, 15) is 4.79 Å². The Balaban J connectivity index is 2.50. The van der Waals surface area contributed by atoms with Crippen LogP contribution in [0.3, 0.4) is 0 Å². The van der Waals surface area contributed by atoms with Crippen molar-refractivity contribution >= 4 is 23.0 Å². The van der Waals surface area contributed by atoms with Gasteiger partial charge in [0.05, 0.1) is 14.2 Å². The van der Waals surface area contributed by atoms with E-state index in [0.717, 1.165) is 5.39 Å². The molecule has 0 spiro atoms. The first-order valence-corrected chi connectivity index (χ1v) is 5.46. The molecule has 0 radical (unpaired) electrons. The summed E-state index contributed by atoms with van der Waals surface area (Å²) in [5.41, 5.74) is 0.443. The summed E-state index contributed by atoms with van der Waals surface area (Å²) in [5.74, 6) is 0.282. The van der Waals surface area contributed by atoms with E-state index in [4.69, 9.17) is 14.4 Å². The van der Waals surface area contributed by atoms with Crippen LogP contribution in [0.15, 0.2) is 34.3 Å². The highest BCUT2D eigenvalue weighted by Gasteiger charge is 2.12. The van der Waals surface area contributed by atoms with Gasteiger partial charge in [-0.25, -0.2) is 4.79 Å². The molecule has 0 saturated heterocycles. The molecule has 0 aliphatic rings. The molecule has 0 bridgehead atoms. The van der Waals surface area contributed by atoms with Crippen LogP contribution in [0.1, 0.15) is 5.76 Å². The number of nitrogens with zero attached hydrogens (tertiary/aromatic N) is 1. The van der Waals surface area contributed by atoms with Gasteiger partial charge in [0, 0.05) is 11.5 Å². The molecule has 0 fully saturated rings. The van der Waals surface area contributed by atoms with Crippen LogP contribution >= 0.6 is 0 Å². The number of hydrogen-bond acceptors (Lipinski definition) is 5. The van der Waals surface area contributed by atoms with Gasteiger partial charge in [-0.1, -0.05) is 12.1 Å². The van der Waals surface area contributed by atoms with Crippen molar-refractivity contribution in [1.82, 2.24) is 0 Å². The number of esters is 1. The normalized spacial score (nSPS) is 11.1. The lowest BCUT2D eigenvalue weighted by atomic mass is 10.2. The number of rotatable bonds is 3. The third-order valence-electron chi connectivity index (χ3n) is 2.56. The zero-order valence-electron chi connectivity index (χ0n) is 10.5. The molecule has 1 aromatic carbocycles. The van der Waals surface area contributed by atoms with Crippen LogP contribution in [-0.2, 0) is 9.53 Å². The third kappa shape index (κ3) is 2.43. The summed E-state index contributed by atoms with van der Waals surface area (Å²) in [4.78, 5) is 11.3. The molecule has 0 unspecified atom stereocenters. The number of furan rings is 1. The van der Waals surface area contributed by atoms with Crippen LogP contribution in [0, 0.1) is 11.3 Å². The van der Waals surface area contributed by atoms with Crippen LogP contribution in [0.25, 0.3) is 17.0 Å². The van der Waals surface area contributed by atoms with Gasteiger partial charge in [-0.3, -0.25) is 0 Å². The topological polar surface area (TPSA) is 72.5 Å². The Morgan fingerprint density at radius 1 is 1.42 bits per heavy atom. The third-order valence-corrected chi connectivity index (χ3v) is 2.56. The highest BCUT2D eigenvalue weighted by molar-refractivity contribution is 5.98. The maximum Gasteiger partial charge on any atom is 0.348 e. The van der Waals surface area contributed by atoms with Gasteiger partial charge in [-0.2, -0.15) is 5.26 Å². The van der Waals surface area contributed by atoms with Gasteiger partial charge < -0.3 is 13.9 Å². The second-order valence-electron chi connectivity index (χ2n) is 3.69. The second kappa shape index (κ2) is 5.27. The Morgan fingerprint density at radius 3 is 2.84 bits per heavy atom. The van der Waals surface area contributed by atoms with E-state index in [1.807, 2.05) is 12.1 Å². The van der Waals surface area contributed by atoms with Crippen molar-refractivity contribution in [2.24, 2.45) is 0 Å². The van der Waals surface area contributed by atoms with Gasteiger partial charge in [-0.15, -0.1) is 0 Å². The van der Waals surface area contributed by atoms with Gasteiger partial charge in [0.2, 0.25) is 0 Å². The molecule has 0 atom stereocenters. The minimum absolute atomic E-state index is 0.125. The van der Waals surface area contributed by atoms with E-state index < -0.39 is 5.97 Å². The number of nitriles is 1. The summed E-state index contributed by atoms with van der Waals surface area (Å²) >= 11 is 0. The number of para-hydroxylation sites is 1. The van der Waals surface area contributed by atoms with E-state index in [2.05, 4.69) is 4.74 Å². The van der Waals surface area contributed by atoms with Crippen LogP contribution in [-0.4, -0.2) is 20.2 Å². The zero-order valence-corrected chi connectivity index (χ0v) is 10.5. The molecular formula is C14H11NO4. The fourth-order valence-corrected chi connectivity index (χ4v) is 1.68. The maximum atomic E-state index is 11.3. The van der Waals surface area contributed by atoms with Crippen molar-refractivity contribution in [3.05, 3.63) is 35.6 Å². The van der Waals surface area contributed by atoms with Crippen molar-refractivity contribution in [3.63, 3.8) is 0 Å². The van der Waals surface area contributed by atoms with Crippen molar-refractivity contribution in [2.75, 3.05) is 14.2 Å². The van der Waals surface area contributed by atoms with Gasteiger partial charge in [0.1, 0.15) is 17.4 Å². The molecule has 0 aliphatic carbocycles. The van der Waals surface area contributed by atoms with Crippen LogP contribution < -0.4 is 4.74 Å². The number of carbonyl (C=O) groups excluding carboxylic acids is 1. The van der Waals surface area contributed by atoms with Crippen molar-refractivity contribution < 1.29 is 18.7 Å². The molecule has 96 valence electrons. The number of ether oxygens (including phenoxy) is 2. The van der Waals surface area contributed by atoms with E-state index in [0.29, 0.717) is 17.1 Å². The molecule has 5 nitrogen and oxygen atoms in total. The van der Waals surface area contributed by atoms with Gasteiger partial charge in [0.25, 0.3) is 0 Å². The van der Waals surface area contributed by atoms with Crippen LogP contribution in [0.4, 0.5) is 0 Å². The summed E-state index contributed by atoms with van der Waals surface area (Å²) in [7, 11) is 2.76. The minimum Gasteiger partial charge on any atom is -0.493 e. The SMILES string of the molecule is COC(=O)/C(C#N)=C/c1cc2cccc(OC)c2o1. The van der Waals surface area contributed by atoms with E-state index in [1.54, 1.807) is 25.3 Å². The highest BCUT2D eigenvalue weighted by Crippen LogP contribution is 2.29. The molecule has 1 heterocycles. The fourth-order valence-electron chi connectivity index (χ4n) is 1.68. The van der Waals surface area contributed by atoms with Gasteiger partial charge in [-0.05, 0) is 12.1 Å². The lowest BCUT2D eigenvalue weighted by Crippen LogP contribution is -2.02. The number of methoxy groups -OCH3 is 2. The monoisotopic (exact) mass is 257 g/mol. The summed E-state index contributed by atoms with van der Waals surface area (Å²) in [5, 5.41) is 9.71. The predicted molar refractivity (Wildman–Crippen MR) is 68.4 cm³/mol. The van der Waals surface area contributed by atoms with Gasteiger partial charge in [0.15, 0.2) is 11.3 Å². The van der Waals surface area contributed by atoms with Crippen molar-refractivity contribution in [2.45, 2.75) is 0 Å². The Kier molecular flexibility index (Phi) is 3.53. The first-order chi connectivity index (χ1) is 9.19. The number of benzene rings is 1. The standard InChI is InChI=1S/C14H11NO4/c1-17-12-5-3-4-9-6-11(19-13(9)12)7-10(8-15)14(16)18-2/h3-7H,1-2H3/b10-7+. The van der Waals surface area contributed by atoms with Crippen molar-refractivity contribution in [1.29, 1.82) is 5.26 Å². The van der Waals surface area contributed by atoms with Crippen molar-refractivity contribution in [3.8, 4) is 11.8 Å². The van der Waals surface area contributed by atoms with Crippen LogP contribution in [0.5, 0.6) is 5.75 Å². The molecule has 1 aromatic heterocycles. The Bertz CT molecular complexity index is 691. The summed E-state index contributed by atoms with van der Waals surface area (Å²) in [6.07, 6.45) is 1.34. The predicted octanol–water partition coefficient (Wildman–Crippen LogP) is 2.52. The number of fused-ring (bicyclic) bond motifs is 1. The quantitative estimate of drug-likeness (QED) is 0.480. The number of hydrogen-bond donors (Lipinski definition) is 0. The molecule has 2 rings (SSSR count). The Morgan fingerprint density at radius 2 is 2.21 bits per heavy atom. The van der Waals surface area contributed by atoms with Gasteiger partial charge >= 0.3 is 5.97 Å². The molecule has 0 N–H and O–H groups in total. The molecule has 0 amide bonds. The second-order valence-corrected chi connectivity index (χ2v) is 3.69. The Labute approximate surface area is 109 Å². The molecule has 2 aromatic rings. The average molecular weight is 257 g/mol. The largest absolute Gasteiger partial charge is 0.493 e. The van der Waals surface area contributed by atoms with Crippen LogP contribution in [0.2, 0.25) is 0 Å².